The maximum Gasteiger partial charge on any atom is 0.357 e. The predicted octanol–water partition coefficient (Wildman–Crippen LogP) is 2.58. The molecule has 0 aliphatic carbocycles. The Balaban J connectivity index is 3.35. The Kier molecular flexibility index (Phi) is 4.17. The van der Waals surface area contributed by atoms with Crippen LogP contribution in [0, 0.1) is 0 Å². The van der Waals surface area contributed by atoms with Gasteiger partial charge in [-0.2, -0.15) is 0 Å². The first kappa shape index (κ1) is 12.8. The fourth-order valence-electron chi connectivity index (χ4n) is 1.02. The molecule has 7 heteroatoms. The number of nitrogens with zero attached hydrogens (tertiary/aromatic N) is 1. The van der Waals surface area contributed by atoms with Crippen molar-refractivity contribution >= 4 is 21.9 Å². The van der Waals surface area contributed by atoms with Crippen LogP contribution >= 0.6 is 15.9 Å². The lowest BCUT2D eigenvalue weighted by atomic mass is 10.3. The number of hydrogen-bond donors (Lipinski definition) is 0. The first-order valence-corrected chi connectivity index (χ1v) is 4.91. The van der Waals surface area contributed by atoms with Crippen molar-refractivity contribution in [1.82, 2.24) is 4.98 Å². The van der Waals surface area contributed by atoms with E-state index in [2.05, 4.69) is 25.7 Å². The summed E-state index contributed by atoms with van der Waals surface area (Å²) in [6.45, 7) is 0. The second kappa shape index (κ2) is 5.20. The highest BCUT2D eigenvalue weighted by Gasteiger charge is 2.21. The summed E-state index contributed by atoms with van der Waals surface area (Å²) in [4.78, 5) is 14.8. The van der Waals surface area contributed by atoms with Crippen molar-refractivity contribution in [2.24, 2.45) is 0 Å². The van der Waals surface area contributed by atoms with Crippen LogP contribution in [0.1, 0.15) is 22.6 Å². The van der Waals surface area contributed by atoms with Gasteiger partial charge in [-0.05, 0) is 15.9 Å². The SMILES string of the molecule is COC(=O)c1nc(C(F)F)cc(OC)c1Br. The van der Waals surface area contributed by atoms with Gasteiger partial charge in [0.15, 0.2) is 5.69 Å². The predicted molar refractivity (Wildman–Crippen MR) is 54.8 cm³/mol. The summed E-state index contributed by atoms with van der Waals surface area (Å²) in [5, 5.41) is 0. The fraction of sp³-hybridized carbons (Fsp3) is 0.333. The van der Waals surface area contributed by atoms with Crippen LogP contribution in [0.4, 0.5) is 8.78 Å². The van der Waals surface area contributed by atoms with E-state index in [0.29, 0.717) is 0 Å². The van der Waals surface area contributed by atoms with Gasteiger partial charge in [-0.1, -0.05) is 0 Å². The minimum atomic E-state index is -2.79. The van der Waals surface area contributed by atoms with E-state index in [4.69, 9.17) is 4.74 Å². The van der Waals surface area contributed by atoms with Gasteiger partial charge in [0, 0.05) is 6.07 Å². The summed E-state index contributed by atoms with van der Waals surface area (Å²) in [7, 11) is 2.44. The van der Waals surface area contributed by atoms with E-state index in [1.54, 1.807) is 0 Å². The summed E-state index contributed by atoms with van der Waals surface area (Å²) < 4.78 is 34.4. The molecular weight excluding hydrogens is 288 g/mol. The summed E-state index contributed by atoms with van der Waals surface area (Å²) in [5.74, 6) is -0.710. The third-order valence-corrected chi connectivity index (χ3v) is 2.53. The van der Waals surface area contributed by atoms with Gasteiger partial charge in [-0.3, -0.25) is 0 Å². The second-order valence-corrected chi connectivity index (χ2v) is 3.50. The second-order valence-electron chi connectivity index (χ2n) is 2.70. The van der Waals surface area contributed by atoms with Gasteiger partial charge in [0.2, 0.25) is 0 Å². The molecule has 1 aromatic heterocycles. The summed E-state index contributed by atoms with van der Waals surface area (Å²) in [6, 6.07) is 1.06. The van der Waals surface area contributed by atoms with E-state index in [1.165, 1.54) is 7.11 Å². The van der Waals surface area contributed by atoms with Crippen LogP contribution in [-0.2, 0) is 4.74 Å². The van der Waals surface area contributed by atoms with Gasteiger partial charge in [0.1, 0.15) is 11.4 Å². The summed E-state index contributed by atoms with van der Waals surface area (Å²) in [6.07, 6.45) is -2.79. The van der Waals surface area contributed by atoms with Crippen LogP contribution in [0.2, 0.25) is 0 Å². The zero-order valence-electron chi connectivity index (χ0n) is 8.46. The number of hydrogen-bond acceptors (Lipinski definition) is 4. The number of aromatic nitrogens is 1. The highest BCUT2D eigenvalue weighted by Crippen LogP contribution is 2.31. The normalized spacial score (nSPS) is 10.4. The minimum Gasteiger partial charge on any atom is -0.495 e. The van der Waals surface area contributed by atoms with Crippen molar-refractivity contribution in [3.8, 4) is 5.75 Å². The Morgan fingerprint density at radius 3 is 2.56 bits per heavy atom. The molecule has 0 unspecified atom stereocenters. The number of rotatable bonds is 3. The first-order valence-electron chi connectivity index (χ1n) is 4.12. The lowest BCUT2D eigenvalue weighted by Gasteiger charge is -2.09. The van der Waals surface area contributed by atoms with Crippen molar-refractivity contribution < 1.29 is 23.0 Å². The topological polar surface area (TPSA) is 48.4 Å². The third-order valence-electron chi connectivity index (χ3n) is 1.77. The average molecular weight is 296 g/mol. The monoisotopic (exact) mass is 295 g/mol. The van der Waals surface area contributed by atoms with Gasteiger partial charge in [0.05, 0.1) is 18.7 Å². The molecule has 1 aromatic rings. The largest absolute Gasteiger partial charge is 0.495 e. The first-order chi connectivity index (χ1) is 7.51. The highest BCUT2D eigenvalue weighted by atomic mass is 79.9. The molecular formula is C9H8BrF2NO3. The molecule has 0 atom stereocenters. The molecule has 88 valence electrons. The van der Waals surface area contributed by atoms with Crippen LogP contribution in [0.3, 0.4) is 0 Å². The number of methoxy groups -OCH3 is 2. The van der Waals surface area contributed by atoms with Crippen molar-refractivity contribution in [1.29, 1.82) is 0 Å². The highest BCUT2D eigenvalue weighted by molar-refractivity contribution is 9.10. The van der Waals surface area contributed by atoms with Gasteiger partial charge >= 0.3 is 5.97 Å². The number of carbonyl (C=O) groups excluding carboxylic acids is 1. The Hall–Kier alpha value is -1.24. The molecule has 0 fully saturated rings. The molecule has 0 bridgehead atoms. The molecule has 0 amide bonds. The molecule has 1 rings (SSSR count). The third kappa shape index (κ3) is 2.46. The number of alkyl halides is 2. The van der Waals surface area contributed by atoms with Crippen LogP contribution in [-0.4, -0.2) is 25.2 Å². The molecule has 0 spiro atoms. The number of halogens is 3. The molecule has 1 heterocycles. The number of esters is 1. The van der Waals surface area contributed by atoms with Crippen molar-refractivity contribution in [3.63, 3.8) is 0 Å². The van der Waals surface area contributed by atoms with E-state index in [-0.39, 0.29) is 15.9 Å². The molecule has 0 saturated carbocycles. The van der Waals surface area contributed by atoms with Crippen LogP contribution in [0.15, 0.2) is 10.5 Å². The van der Waals surface area contributed by atoms with Crippen molar-refractivity contribution in [2.45, 2.75) is 6.43 Å². The molecule has 0 N–H and O–H groups in total. The van der Waals surface area contributed by atoms with Crippen LogP contribution in [0.5, 0.6) is 5.75 Å². The molecule has 0 aliphatic heterocycles. The fourth-order valence-corrected chi connectivity index (χ4v) is 1.54. The molecule has 0 saturated heterocycles. The van der Waals surface area contributed by atoms with Gasteiger partial charge in [0.25, 0.3) is 6.43 Å². The van der Waals surface area contributed by atoms with E-state index in [0.717, 1.165) is 13.2 Å². The quantitative estimate of drug-likeness (QED) is 0.804. The minimum absolute atomic E-state index is 0.103. The van der Waals surface area contributed by atoms with E-state index < -0.39 is 18.1 Å². The van der Waals surface area contributed by atoms with E-state index >= 15 is 0 Å². The van der Waals surface area contributed by atoms with E-state index in [9.17, 15) is 13.6 Å². The number of ether oxygens (including phenoxy) is 2. The molecule has 0 aliphatic rings. The Bertz CT molecular complexity index is 412. The zero-order chi connectivity index (χ0) is 12.3. The van der Waals surface area contributed by atoms with E-state index in [1.807, 2.05) is 0 Å². The molecule has 0 radical (unpaired) electrons. The maximum absolute atomic E-state index is 12.5. The standard InChI is InChI=1S/C9H8BrF2NO3/c1-15-5-3-4(8(11)12)13-7(6(5)10)9(14)16-2/h3,8H,1-2H3. The smallest absolute Gasteiger partial charge is 0.357 e. The lowest BCUT2D eigenvalue weighted by molar-refractivity contribution is 0.0590. The summed E-state index contributed by atoms with van der Waals surface area (Å²) in [5.41, 5.74) is -0.780. The van der Waals surface area contributed by atoms with Gasteiger partial charge in [-0.25, -0.2) is 18.6 Å². The Morgan fingerprint density at radius 1 is 1.50 bits per heavy atom. The molecule has 4 nitrogen and oxygen atoms in total. The lowest BCUT2D eigenvalue weighted by Crippen LogP contribution is -2.08. The summed E-state index contributed by atoms with van der Waals surface area (Å²) >= 11 is 3.03. The Morgan fingerprint density at radius 2 is 2.12 bits per heavy atom. The Labute approximate surface area is 98.7 Å². The van der Waals surface area contributed by atoms with Gasteiger partial charge in [-0.15, -0.1) is 0 Å². The van der Waals surface area contributed by atoms with Crippen LogP contribution in [0.25, 0.3) is 0 Å². The van der Waals surface area contributed by atoms with Crippen molar-refractivity contribution in [2.75, 3.05) is 14.2 Å². The molecule has 16 heavy (non-hydrogen) atoms. The van der Waals surface area contributed by atoms with Crippen LogP contribution < -0.4 is 4.74 Å². The average Bonchev–Trinajstić information content (AvgIpc) is 2.28. The van der Waals surface area contributed by atoms with Crippen molar-refractivity contribution in [3.05, 3.63) is 21.9 Å². The number of pyridine rings is 1. The number of carbonyl (C=O) groups is 1. The maximum atomic E-state index is 12.5. The molecule has 0 aromatic carbocycles. The zero-order valence-corrected chi connectivity index (χ0v) is 10.0. The van der Waals surface area contributed by atoms with Gasteiger partial charge < -0.3 is 9.47 Å².